The van der Waals surface area contributed by atoms with Gasteiger partial charge in [-0.1, -0.05) is 0 Å². The number of hydrogen-bond acceptors (Lipinski definition) is 4. The van der Waals surface area contributed by atoms with Gasteiger partial charge in [-0.25, -0.2) is 0 Å². The van der Waals surface area contributed by atoms with Crippen molar-refractivity contribution < 1.29 is 27.9 Å². The van der Waals surface area contributed by atoms with E-state index in [2.05, 4.69) is 20.8 Å². The van der Waals surface area contributed by atoms with Crippen molar-refractivity contribution >= 4 is 0 Å². The van der Waals surface area contributed by atoms with E-state index in [4.69, 9.17) is 13.1 Å². The Bertz CT molecular complexity index is 362. The molecule has 0 bridgehead atoms. The summed E-state index contributed by atoms with van der Waals surface area (Å²) in [6.45, 7) is 24.6. The molecule has 0 aliphatic rings. The molecule has 0 unspecified atom stereocenters. The minimum atomic E-state index is -4.02. The van der Waals surface area contributed by atoms with Gasteiger partial charge < -0.3 is 0 Å². The standard InChI is InChI=1S/C5H11N.3C4H9O.Nb/c1-4-5(2,3)6;3*1-4(2,3)5;/h4H2,1-3H3;3*1-3H3;/q;3*-1;+3. The normalized spacial score (nSPS) is 15.1. The van der Waals surface area contributed by atoms with Gasteiger partial charge in [-0.3, -0.25) is 0 Å². The first-order valence-corrected chi connectivity index (χ1v) is 11.8. The fraction of sp³-hybridized carbons (Fsp3) is 1.00. The SMILES string of the molecule is CCC(C)(C)[N]=[Nb]([O]C(C)(C)C)([O]C(C)(C)C)[O]C(C)(C)C. The molecule has 0 amide bonds. The molecule has 0 aromatic heterocycles. The number of rotatable bonds is 5. The van der Waals surface area contributed by atoms with Crippen LogP contribution >= 0.6 is 0 Å². The molecular formula is C17H38NNbO3. The third-order valence-electron chi connectivity index (χ3n) is 2.43. The predicted molar refractivity (Wildman–Crippen MR) is 89.3 cm³/mol. The van der Waals surface area contributed by atoms with Crippen LogP contribution in [0.15, 0.2) is 3.34 Å². The predicted octanol–water partition coefficient (Wildman–Crippen LogP) is 5.70. The van der Waals surface area contributed by atoms with E-state index >= 15 is 0 Å². The van der Waals surface area contributed by atoms with Crippen LogP contribution in [0.2, 0.25) is 0 Å². The molecule has 0 saturated heterocycles. The fourth-order valence-electron chi connectivity index (χ4n) is 1.56. The van der Waals surface area contributed by atoms with Crippen molar-refractivity contribution in [3.63, 3.8) is 0 Å². The van der Waals surface area contributed by atoms with Gasteiger partial charge in [0.05, 0.1) is 0 Å². The van der Waals surface area contributed by atoms with E-state index in [0.717, 1.165) is 6.42 Å². The molecule has 0 aliphatic heterocycles. The minimum absolute atomic E-state index is 0.229. The van der Waals surface area contributed by atoms with E-state index in [0.29, 0.717) is 0 Å². The summed E-state index contributed by atoms with van der Waals surface area (Å²) >= 11 is -4.02. The molecule has 4 nitrogen and oxygen atoms in total. The van der Waals surface area contributed by atoms with E-state index in [1.54, 1.807) is 0 Å². The molecule has 0 heterocycles. The molecule has 0 N–H and O–H groups in total. The molecule has 0 spiro atoms. The maximum atomic E-state index is 6.40. The Morgan fingerprint density at radius 3 is 1.09 bits per heavy atom. The molecule has 22 heavy (non-hydrogen) atoms. The van der Waals surface area contributed by atoms with Crippen molar-refractivity contribution in [2.24, 2.45) is 3.34 Å². The molecule has 0 saturated carbocycles. The zero-order valence-electron chi connectivity index (χ0n) is 16.8. The van der Waals surface area contributed by atoms with Crippen LogP contribution in [-0.2, 0) is 27.9 Å². The summed E-state index contributed by atoms with van der Waals surface area (Å²) < 4.78 is 24.3. The third kappa shape index (κ3) is 10.2. The van der Waals surface area contributed by atoms with E-state index in [-0.39, 0.29) is 22.3 Å². The van der Waals surface area contributed by atoms with Gasteiger partial charge in [0.1, 0.15) is 0 Å². The Morgan fingerprint density at radius 2 is 0.909 bits per heavy atom. The topological polar surface area (TPSA) is 40.0 Å². The van der Waals surface area contributed by atoms with Crippen molar-refractivity contribution in [2.75, 3.05) is 0 Å². The molecule has 0 rings (SSSR count). The van der Waals surface area contributed by atoms with Crippen molar-refractivity contribution in [1.29, 1.82) is 0 Å². The third-order valence-corrected chi connectivity index (χ3v) is 10.1. The Kier molecular flexibility index (Phi) is 7.26. The van der Waals surface area contributed by atoms with Crippen LogP contribution in [0.25, 0.3) is 0 Å². The summed E-state index contributed by atoms with van der Waals surface area (Å²) in [7, 11) is 0. The van der Waals surface area contributed by atoms with Crippen LogP contribution < -0.4 is 0 Å². The summed E-state index contributed by atoms with van der Waals surface area (Å²) in [5.74, 6) is 0. The van der Waals surface area contributed by atoms with E-state index in [9.17, 15) is 0 Å². The second-order valence-corrected chi connectivity index (χ2v) is 13.5. The summed E-state index contributed by atoms with van der Waals surface area (Å²) in [4.78, 5) is 0. The van der Waals surface area contributed by atoms with Crippen molar-refractivity contribution in [1.82, 2.24) is 0 Å². The van der Waals surface area contributed by atoms with Crippen LogP contribution in [-0.4, -0.2) is 22.3 Å². The zero-order chi connectivity index (χ0) is 18.0. The van der Waals surface area contributed by atoms with Crippen LogP contribution in [0.4, 0.5) is 0 Å². The van der Waals surface area contributed by atoms with E-state index in [1.807, 2.05) is 62.3 Å². The molecular weight excluding hydrogens is 359 g/mol. The van der Waals surface area contributed by atoms with Crippen LogP contribution in [0, 0.1) is 0 Å². The summed E-state index contributed by atoms with van der Waals surface area (Å²) in [6, 6.07) is 0. The molecule has 0 aromatic rings. The quantitative estimate of drug-likeness (QED) is 0.559. The van der Waals surface area contributed by atoms with E-state index in [1.165, 1.54) is 0 Å². The molecule has 0 aliphatic carbocycles. The van der Waals surface area contributed by atoms with Gasteiger partial charge in [-0.2, -0.15) is 0 Å². The van der Waals surface area contributed by atoms with Gasteiger partial charge in [0.15, 0.2) is 0 Å². The Morgan fingerprint density at radius 1 is 0.636 bits per heavy atom. The first-order chi connectivity index (χ1) is 9.39. The van der Waals surface area contributed by atoms with E-state index < -0.39 is 18.1 Å². The first kappa shape index (κ1) is 22.4. The van der Waals surface area contributed by atoms with Crippen molar-refractivity contribution in [3.8, 4) is 0 Å². The van der Waals surface area contributed by atoms with Gasteiger partial charge in [0.2, 0.25) is 0 Å². The molecule has 5 heteroatoms. The average Bonchev–Trinajstić information content (AvgIpc) is 2.06. The fourth-order valence-corrected chi connectivity index (χ4v) is 9.22. The van der Waals surface area contributed by atoms with Crippen LogP contribution in [0.1, 0.15) is 89.5 Å². The van der Waals surface area contributed by atoms with Gasteiger partial charge >= 0.3 is 143 Å². The van der Waals surface area contributed by atoms with Crippen molar-refractivity contribution in [2.45, 2.75) is 112 Å². The van der Waals surface area contributed by atoms with Crippen molar-refractivity contribution in [3.05, 3.63) is 0 Å². The summed E-state index contributed by atoms with van der Waals surface area (Å²) in [5, 5.41) is 0. The van der Waals surface area contributed by atoms with Gasteiger partial charge in [0, 0.05) is 0 Å². The Labute approximate surface area is 143 Å². The molecule has 0 fully saturated rings. The van der Waals surface area contributed by atoms with Gasteiger partial charge in [0.25, 0.3) is 0 Å². The number of hydrogen-bond donors (Lipinski definition) is 0. The molecule has 0 atom stereocenters. The zero-order valence-corrected chi connectivity index (χ0v) is 19.0. The van der Waals surface area contributed by atoms with Gasteiger partial charge in [-0.05, 0) is 0 Å². The molecule has 0 aromatic carbocycles. The second-order valence-electron chi connectivity index (χ2n) is 9.35. The number of nitrogens with zero attached hydrogens (tertiary/aromatic N) is 1. The molecule has 134 valence electrons. The maximum absolute atomic E-state index is 6.40. The van der Waals surface area contributed by atoms with Crippen LogP contribution in [0.5, 0.6) is 0 Å². The monoisotopic (exact) mass is 397 g/mol. The Balaban J connectivity index is 6.15. The summed E-state index contributed by atoms with van der Waals surface area (Å²) in [6.07, 6.45) is 0.914. The Hall–Kier alpha value is 0.420. The van der Waals surface area contributed by atoms with Crippen LogP contribution in [0.3, 0.4) is 0 Å². The molecule has 0 radical (unpaired) electrons. The summed E-state index contributed by atoms with van der Waals surface area (Å²) in [5.41, 5.74) is -1.33. The second kappa shape index (κ2) is 7.12. The van der Waals surface area contributed by atoms with Gasteiger partial charge in [-0.15, -0.1) is 0 Å². The average molecular weight is 397 g/mol. The first-order valence-electron chi connectivity index (χ1n) is 8.14.